The van der Waals surface area contributed by atoms with Crippen LogP contribution in [0.1, 0.15) is 55.0 Å². The number of rotatable bonds is 5. The fourth-order valence-corrected chi connectivity index (χ4v) is 4.73. The fourth-order valence-electron chi connectivity index (χ4n) is 4.73. The zero-order valence-electron chi connectivity index (χ0n) is 16.7. The van der Waals surface area contributed by atoms with Crippen LogP contribution in [0.5, 0.6) is 0 Å². The molecule has 2 aliphatic rings. The van der Waals surface area contributed by atoms with E-state index in [1.807, 2.05) is 18.8 Å². The highest BCUT2D eigenvalue weighted by Gasteiger charge is 2.35. The summed E-state index contributed by atoms with van der Waals surface area (Å²) in [7, 11) is 4.07. The Morgan fingerprint density at radius 1 is 1.25 bits per heavy atom. The molecule has 2 N–H and O–H groups in total. The molecule has 152 valence electrons. The molecule has 3 heterocycles. The minimum Gasteiger partial charge on any atom is -0.465 e. The van der Waals surface area contributed by atoms with Crippen LogP contribution in [-0.4, -0.2) is 62.9 Å². The van der Waals surface area contributed by atoms with Gasteiger partial charge >= 0.3 is 6.09 Å². The number of nitrogens with zero attached hydrogens (tertiary/aromatic N) is 4. The number of pyridine rings is 1. The summed E-state index contributed by atoms with van der Waals surface area (Å²) < 4.78 is 1.89. The number of hydrogen-bond acceptors (Lipinski definition) is 4. The molecule has 2 aromatic heterocycles. The van der Waals surface area contributed by atoms with Gasteiger partial charge in [0.1, 0.15) is 5.65 Å². The van der Waals surface area contributed by atoms with Crippen molar-refractivity contribution in [3.05, 3.63) is 27.2 Å². The summed E-state index contributed by atoms with van der Waals surface area (Å²) in [6, 6.07) is -0.230. The van der Waals surface area contributed by atoms with Crippen molar-refractivity contribution in [3.8, 4) is 0 Å². The molecule has 0 saturated carbocycles. The number of nitrogens with one attached hydrogen (secondary N) is 1. The van der Waals surface area contributed by atoms with Crippen LogP contribution in [0.4, 0.5) is 4.79 Å². The quantitative estimate of drug-likeness (QED) is 0.821. The lowest BCUT2D eigenvalue weighted by Gasteiger charge is -2.21. The minimum atomic E-state index is -0.892. The predicted octanol–water partition coefficient (Wildman–Crippen LogP) is 2.37. The zero-order chi connectivity index (χ0) is 19.8. The first-order valence-corrected chi connectivity index (χ1v) is 10.3. The Morgan fingerprint density at radius 2 is 2.00 bits per heavy atom. The van der Waals surface area contributed by atoms with E-state index in [4.69, 9.17) is 5.10 Å². The van der Waals surface area contributed by atoms with E-state index in [0.717, 1.165) is 79.3 Å². The van der Waals surface area contributed by atoms with E-state index in [2.05, 4.69) is 9.88 Å². The third-order valence-corrected chi connectivity index (χ3v) is 6.04. The first-order valence-electron chi connectivity index (χ1n) is 10.3. The Labute approximate surface area is 164 Å². The van der Waals surface area contributed by atoms with Gasteiger partial charge in [0.05, 0.1) is 11.7 Å². The lowest BCUT2D eigenvalue weighted by molar-refractivity contribution is 0.139. The van der Waals surface area contributed by atoms with Crippen LogP contribution in [0.25, 0.3) is 11.0 Å². The number of likely N-dealkylation sites (tertiary alicyclic amines) is 1. The Balaban J connectivity index is 1.85. The smallest absolute Gasteiger partial charge is 0.407 e. The molecule has 28 heavy (non-hydrogen) atoms. The average molecular weight is 387 g/mol. The van der Waals surface area contributed by atoms with Gasteiger partial charge in [-0.2, -0.15) is 5.10 Å². The maximum atomic E-state index is 12.7. The van der Waals surface area contributed by atoms with Gasteiger partial charge in [0.15, 0.2) is 0 Å². The maximum Gasteiger partial charge on any atom is 0.407 e. The molecule has 8 nitrogen and oxygen atoms in total. The van der Waals surface area contributed by atoms with Crippen LogP contribution in [0, 0.1) is 0 Å². The van der Waals surface area contributed by atoms with Crippen molar-refractivity contribution in [3.63, 3.8) is 0 Å². The number of carbonyl (C=O) groups is 1. The molecule has 1 saturated heterocycles. The number of aromatic nitrogens is 3. The summed E-state index contributed by atoms with van der Waals surface area (Å²) in [5.41, 5.74) is 3.54. The van der Waals surface area contributed by atoms with Gasteiger partial charge in [0.2, 0.25) is 0 Å². The van der Waals surface area contributed by atoms with E-state index in [1.165, 1.54) is 4.90 Å². The van der Waals surface area contributed by atoms with Crippen molar-refractivity contribution < 1.29 is 9.90 Å². The van der Waals surface area contributed by atoms with Crippen molar-refractivity contribution in [2.45, 2.75) is 57.5 Å². The molecule has 2 aromatic rings. The van der Waals surface area contributed by atoms with Gasteiger partial charge < -0.3 is 15.0 Å². The number of H-pyrrole nitrogens is 1. The average Bonchev–Trinajstić information content (AvgIpc) is 3.27. The third kappa shape index (κ3) is 3.30. The van der Waals surface area contributed by atoms with Gasteiger partial charge in [-0.1, -0.05) is 0 Å². The van der Waals surface area contributed by atoms with E-state index >= 15 is 0 Å². The van der Waals surface area contributed by atoms with Crippen molar-refractivity contribution in [1.82, 2.24) is 24.6 Å². The van der Waals surface area contributed by atoms with E-state index in [0.29, 0.717) is 13.1 Å². The van der Waals surface area contributed by atoms with Gasteiger partial charge in [0.25, 0.3) is 5.56 Å². The second kappa shape index (κ2) is 7.58. The van der Waals surface area contributed by atoms with Crippen LogP contribution in [0.3, 0.4) is 0 Å². The number of aryl methyl sites for hydroxylation is 2. The Morgan fingerprint density at radius 3 is 2.71 bits per heavy atom. The zero-order valence-corrected chi connectivity index (χ0v) is 16.7. The topological polar surface area (TPSA) is 94.5 Å². The molecular formula is C20H29N5O3. The Kier molecular flexibility index (Phi) is 5.14. The summed E-state index contributed by atoms with van der Waals surface area (Å²) in [6.07, 6.45) is 5.39. The van der Waals surface area contributed by atoms with E-state index in [9.17, 15) is 14.7 Å². The number of aromatic amines is 1. The molecular weight excluding hydrogens is 358 g/mol. The Hall–Kier alpha value is -2.35. The molecule has 0 bridgehead atoms. The van der Waals surface area contributed by atoms with E-state index < -0.39 is 6.09 Å². The molecule has 1 fully saturated rings. The van der Waals surface area contributed by atoms with Gasteiger partial charge in [-0.15, -0.1) is 0 Å². The molecule has 1 aliphatic carbocycles. The molecule has 8 heteroatoms. The standard InChI is InChI=1S/C20H29N5O3/c1-23(2)10-6-12-25-18-16(13-7-3-4-8-14(13)19(26)21-18)17(22-25)15-9-5-11-24(15)20(27)28/h15H,3-12H2,1-2H3,(H,21,26)(H,27,28)/t15-/m1/s1. The first kappa shape index (κ1) is 19.0. The monoisotopic (exact) mass is 387 g/mol. The number of amides is 1. The summed E-state index contributed by atoms with van der Waals surface area (Å²) in [4.78, 5) is 31.2. The van der Waals surface area contributed by atoms with Crippen LogP contribution < -0.4 is 5.56 Å². The minimum absolute atomic E-state index is 0.0102. The lowest BCUT2D eigenvalue weighted by Crippen LogP contribution is -2.29. The van der Waals surface area contributed by atoms with Gasteiger partial charge in [-0.05, 0) is 71.1 Å². The second-order valence-corrected chi connectivity index (χ2v) is 8.24. The molecule has 4 rings (SSSR count). The van der Waals surface area contributed by atoms with Crippen LogP contribution in [0.2, 0.25) is 0 Å². The Bertz CT molecular complexity index is 945. The SMILES string of the molecule is CN(C)CCCn1nc([C@H]2CCCN2C(=O)O)c2c3c(c(=O)[nH]c21)CCCC3. The van der Waals surface area contributed by atoms with Crippen molar-refractivity contribution in [2.75, 3.05) is 27.2 Å². The van der Waals surface area contributed by atoms with Crippen molar-refractivity contribution in [1.29, 1.82) is 0 Å². The summed E-state index contributed by atoms with van der Waals surface area (Å²) >= 11 is 0. The van der Waals surface area contributed by atoms with E-state index in [1.54, 1.807) is 0 Å². The van der Waals surface area contributed by atoms with E-state index in [-0.39, 0.29) is 11.6 Å². The molecule has 0 spiro atoms. The summed E-state index contributed by atoms with van der Waals surface area (Å²) in [6.45, 7) is 2.17. The number of fused-ring (bicyclic) bond motifs is 3. The normalized spacial score (nSPS) is 19.5. The van der Waals surface area contributed by atoms with Gasteiger partial charge in [-0.3, -0.25) is 9.69 Å². The van der Waals surface area contributed by atoms with Gasteiger partial charge in [-0.25, -0.2) is 9.48 Å². The molecule has 0 aromatic carbocycles. The molecule has 1 atom stereocenters. The van der Waals surface area contributed by atoms with Crippen LogP contribution in [-0.2, 0) is 19.4 Å². The largest absolute Gasteiger partial charge is 0.465 e. The van der Waals surface area contributed by atoms with Crippen LogP contribution in [0.15, 0.2) is 4.79 Å². The fraction of sp³-hybridized carbons (Fsp3) is 0.650. The van der Waals surface area contributed by atoms with Crippen molar-refractivity contribution in [2.24, 2.45) is 0 Å². The summed E-state index contributed by atoms with van der Waals surface area (Å²) in [5.74, 6) is 0. The molecule has 1 aliphatic heterocycles. The maximum absolute atomic E-state index is 12.7. The lowest BCUT2D eigenvalue weighted by atomic mass is 9.89. The molecule has 1 amide bonds. The van der Waals surface area contributed by atoms with Crippen molar-refractivity contribution >= 4 is 17.1 Å². The summed E-state index contributed by atoms with van der Waals surface area (Å²) in [5, 5.41) is 15.5. The highest BCUT2D eigenvalue weighted by molar-refractivity contribution is 5.84. The highest BCUT2D eigenvalue weighted by Crippen LogP contribution is 2.38. The third-order valence-electron chi connectivity index (χ3n) is 6.04. The number of hydrogen-bond donors (Lipinski definition) is 2. The van der Waals surface area contributed by atoms with Crippen LogP contribution >= 0.6 is 0 Å². The second-order valence-electron chi connectivity index (χ2n) is 8.24. The molecule has 0 radical (unpaired) electrons. The highest BCUT2D eigenvalue weighted by atomic mass is 16.4. The predicted molar refractivity (Wildman–Crippen MR) is 107 cm³/mol. The van der Waals surface area contributed by atoms with Gasteiger partial charge in [0, 0.05) is 24.0 Å². The first-order chi connectivity index (χ1) is 13.5. The number of carboxylic acid groups (broad SMARTS) is 1. The molecule has 0 unspecified atom stereocenters.